The summed E-state index contributed by atoms with van der Waals surface area (Å²) in [6.07, 6.45) is 0. The first kappa shape index (κ1) is 20.9. The molecule has 2 aromatic carbocycles. The Labute approximate surface area is 184 Å². The average Bonchev–Trinajstić information content (AvgIpc) is 3.19. The zero-order valence-electron chi connectivity index (χ0n) is 17.3. The fraction of sp³-hybridized carbons (Fsp3) is 0.0870. The van der Waals surface area contributed by atoms with Gasteiger partial charge in [-0.2, -0.15) is 5.10 Å². The third-order valence-corrected chi connectivity index (χ3v) is 4.66. The van der Waals surface area contributed by atoms with Crippen molar-refractivity contribution in [2.24, 2.45) is 0 Å². The van der Waals surface area contributed by atoms with Gasteiger partial charge >= 0.3 is 0 Å². The highest BCUT2D eigenvalue weighted by Gasteiger charge is 2.09. The summed E-state index contributed by atoms with van der Waals surface area (Å²) in [6, 6.07) is 18.5. The number of aromatic nitrogens is 3. The average molecular weight is 431 g/mol. The van der Waals surface area contributed by atoms with Crippen molar-refractivity contribution in [2.45, 2.75) is 13.5 Å². The molecule has 162 valence electrons. The first-order valence-corrected chi connectivity index (χ1v) is 9.91. The Balaban J connectivity index is 1.34. The van der Waals surface area contributed by atoms with Crippen molar-refractivity contribution in [2.75, 3.05) is 21.7 Å². The van der Waals surface area contributed by atoms with Crippen LogP contribution in [0.15, 0.2) is 66.7 Å². The first-order valence-electron chi connectivity index (χ1n) is 9.91. The maximum Gasteiger partial charge on any atom is 0.255 e. The largest absolute Gasteiger partial charge is 0.397 e. The second-order valence-corrected chi connectivity index (χ2v) is 7.21. The van der Waals surface area contributed by atoms with Crippen molar-refractivity contribution < 1.29 is 9.18 Å². The number of H-pyrrole nitrogens is 1. The van der Waals surface area contributed by atoms with E-state index in [-0.39, 0.29) is 11.6 Å². The Morgan fingerprint density at radius 2 is 1.81 bits per heavy atom. The lowest BCUT2D eigenvalue weighted by Crippen LogP contribution is -2.13. The third kappa shape index (κ3) is 5.20. The lowest BCUT2D eigenvalue weighted by atomic mass is 10.1. The smallest absolute Gasteiger partial charge is 0.255 e. The monoisotopic (exact) mass is 431 g/mol. The number of aryl methyl sites for hydroxylation is 1. The molecule has 6 N–H and O–H groups in total. The Kier molecular flexibility index (Phi) is 5.98. The van der Waals surface area contributed by atoms with Crippen molar-refractivity contribution >= 4 is 34.7 Å². The van der Waals surface area contributed by atoms with E-state index in [0.717, 1.165) is 11.3 Å². The van der Waals surface area contributed by atoms with Crippen LogP contribution >= 0.6 is 0 Å². The van der Waals surface area contributed by atoms with Crippen molar-refractivity contribution in [3.8, 4) is 0 Å². The zero-order chi connectivity index (χ0) is 22.5. The van der Waals surface area contributed by atoms with Gasteiger partial charge in [0.05, 0.1) is 11.4 Å². The molecule has 0 fully saturated rings. The molecular formula is C23H22FN7O. The van der Waals surface area contributed by atoms with Gasteiger partial charge in [0, 0.05) is 23.9 Å². The summed E-state index contributed by atoms with van der Waals surface area (Å²) in [7, 11) is 0. The van der Waals surface area contributed by atoms with Crippen LogP contribution in [0.3, 0.4) is 0 Å². The molecule has 0 radical (unpaired) electrons. The van der Waals surface area contributed by atoms with Crippen LogP contribution in [0.25, 0.3) is 0 Å². The van der Waals surface area contributed by atoms with Crippen molar-refractivity contribution in [1.82, 2.24) is 15.2 Å². The van der Waals surface area contributed by atoms with Gasteiger partial charge in [0.25, 0.3) is 5.91 Å². The number of pyridine rings is 1. The highest BCUT2D eigenvalue weighted by atomic mass is 19.1. The Bertz CT molecular complexity index is 1240. The quantitative estimate of drug-likeness (QED) is 0.276. The number of aromatic amines is 1. The summed E-state index contributed by atoms with van der Waals surface area (Å²) >= 11 is 0. The molecule has 4 rings (SSSR count). The van der Waals surface area contributed by atoms with E-state index in [2.05, 4.69) is 31.1 Å². The number of hydrogen-bond donors (Lipinski definition) is 5. The molecule has 0 atom stereocenters. The van der Waals surface area contributed by atoms with E-state index in [1.54, 1.807) is 12.1 Å². The van der Waals surface area contributed by atoms with Gasteiger partial charge in [-0.1, -0.05) is 18.2 Å². The summed E-state index contributed by atoms with van der Waals surface area (Å²) in [5.74, 6) is 1.30. The molecule has 4 aromatic rings. The van der Waals surface area contributed by atoms with Gasteiger partial charge in [-0.05, 0) is 55.0 Å². The van der Waals surface area contributed by atoms with Crippen LogP contribution in [0.1, 0.15) is 21.6 Å². The molecule has 0 spiro atoms. The van der Waals surface area contributed by atoms with E-state index in [1.165, 1.54) is 18.2 Å². The van der Waals surface area contributed by atoms with Gasteiger partial charge in [-0.15, -0.1) is 0 Å². The number of nitrogens with two attached hydrogens (primary N) is 1. The normalized spacial score (nSPS) is 10.6. The molecule has 2 aromatic heterocycles. The molecule has 0 unspecified atom stereocenters. The number of nitrogen functional groups attached to an aromatic ring is 1. The van der Waals surface area contributed by atoms with Crippen LogP contribution in [0.5, 0.6) is 0 Å². The van der Waals surface area contributed by atoms with Crippen LogP contribution in [0, 0.1) is 12.7 Å². The van der Waals surface area contributed by atoms with Crippen molar-refractivity contribution in [1.29, 1.82) is 0 Å². The maximum atomic E-state index is 13.2. The van der Waals surface area contributed by atoms with E-state index in [0.29, 0.717) is 35.2 Å². The molecule has 8 nitrogen and oxygen atoms in total. The number of nitrogens with one attached hydrogen (secondary N) is 4. The number of halogens is 1. The molecule has 0 aliphatic rings. The molecule has 0 saturated heterocycles. The van der Waals surface area contributed by atoms with E-state index in [4.69, 9.17) is 5.73 Å². The second kappa shape index (κ2) is 9.17. The summed E-state index contributed by atoms with van der Waals surface area (Å²) in [6.45, 7) is 2.46. The number of nitrogens with zero attached hydrogens (tertiary/aromatic N) is 2. The predicted octanol–water partition coefficient (Wildman–Crippen LogP) is 4.44. The predicted molar refractivity (Wildman–Crippen MR) is 123 cm³/mol. The number of amides is 1. The molecule has 1 amide bonds. The molecule has 2 heterocycles. The van der Waals surface area contributed by atoms with Gasteiger partial charge in [0.15, 0.2) is 5.82 Å². The maximum absolute atomic E-state index is 13.2. The van der Waals surface area contributed by atoms with Gasteiger partial charge in [-0.3, -0.25) is 9.89 Å². The SMILES string of the molecule is Cc1cc(Nc2cccc(NCc3ccc(C(=O)Nc4ccc(F)cc4N)cc3)n2)n[nH]1. The Hall–Kier alpha value is -4.40. The van der Waals surface area contributed by atoms with Crippen molar-refractivity contribution in [3.63, 3.8) is 0 Å². The van der Waals surface area contributed by atoms with Gasteiger partial charge < -0.3 is 21.7 Å². The zero-order valence-corrected chi connectivity index (χ0v) is 17.3. The summed E-state index contributed by atoms with van der Waals surface area (Å²) in [5.41, 5.74) is 8.69. The number of anilines is 5. The van der Waals surface area contributed by atoms with E-state index in [9.17, 15) is 9.18 Å². The lowest BCUT2D eigenvalue weighted by Gasteiger charge is -2.10. The Morgan fingerprint density at radius 3 is 2.53 bits per heavy atom. The number of carbonyl (C=O) groups is 1. The summed E-state index contributed by atoms with van der Waals surface area (Å²) in [5, 5.41) is 16.1. The summed E-state index contributed by atoms with van der Waals surface area (Å²) < 4.78 is 13.2. The standard InChI is InChI=1S/C23H22FN7O/c1-14-11-22(31-30-14)29-21-4-2-3-20(28-21)26-13-15-5-7-16(8-6-15)23(32)27-19-10-9-17(24)12-18(19)25/h2-12H,13,25H2,1H3,(H,27,32)(H3,26,28,29,30,31). The van der Waals surface area contributed by atoms with Gasteiger partial charge in [0.2, 0.25) is 0 Å². The van der Waals surface area contributed by atoms with E-state index in [1.807, 2.05) is 43.3 Å². The lowest BCUT2D eigenvalue weighted by molar-refractivity contribution is 0.102. The molecule has 0 saturated carbocycles. The number of rotatable bonds is 7. The van der Waals surface area contributed by atoms with Crippen LogP contribution in [0.2, 0.25) is 0 Å². The van der Waals surface area contributed by atoms with Crippen LogP contribution in [0.4, 0.5) is 33.2 Å². The van der Waals surface area contributed by atoms with Crippen molar-refractivity contribution in [3.05, 3.63) is 89.4 Å². The highest BCUT2D eigenvalue weighted by Crippen LogP contribution is 2.20. The van der Waals surface area contributed by atoms with Crippen LogP contribution < -0.4 is 21.7 Å². The van der Waals surface area contributed by atoms with Crippen LogP contribution in [-0.2, 0) is 6.54 Å². The molecule has 0 bridgehead atoms. The van der Waals surface area contributed by atoms with Gasteiger partial charge in [0.1, 0.15) is 17.5 Å². The van der Waals surface area contributed by atoms with E-state index >= 15 is 0 Å². The Morgan fingerprint density at radius 1 is 1.03 bits per heavy atom. The number of benzene rings is 2. The second-order valence-electron chi connectivity index (χ2n) is 7.21. The minimum atomic E-state index is -0.454. The molecule has 0 aliphatic carbocycles. The number of carbonyl (C=O) groups excluding carboxylic acids is 1. The molecular weight excluding hydrogens is 409 g/mol. The molecule has 9 heteroatoms. The fourth-order valence-corrected chi connectivity index (χ4v) is 3.02. The van der Waals surface area contributed by atoms with Crippen LogP contribution in [-0.4, -0.2) is 21.1 Å². The minimum Gasteiger partial charge on any atom is -0.397 e. The molecule has 0 aliphatic heterocycles. The fourth-order valence-electron chi connectivity index (χ4n) is 3.02. The highest BCUT2D eigenvalue weighted by molar-refractivity contribution is 6.05. The minimum absolute atomic E-state index is 0.172. The molecule has 32 heavy (non-hydrogen) atoms. The van der Waals surface area contributed by atoms with Gasteiger partial charge in [-0.25, -0.2) is 9.37 Å². The number of hydrogen-bond acceptors (Lipinski definition) is 6. The third-order valence-electron chi connectivity index (χ3n) is 4.66. The summed E-state index contributed by atoms with van der Waals surface area (Å²) in [4.78, 5) is 17.0. The van der Waals surface area contributed by atoms with E-state index < -0.39 is 5.82 Å². The topological polar surface area (TPSA) is 121 Å². The first-order chi connectivity index (χ1) is 15.5.